The predicted molar refractivity (Wildman–Crippen MR) is 91.3 cm³/mol. The molecule has 0 spiro atoms. The van der Waals surface area contributed by atoms with Crippen molar-refractivity contribution in [2.75, 3.05) is 6.61 Å². The number of esters is 1. The van der Waals surface area contributed by atoms with E-state index in [0.29, 0.717) is 16.2 Å². The molecule has 2 aromatic carbocycles. The molecule has 0 N–H and O–H groups in total. The second-order valence-electron chi connectivity index (χ2n) is 5.41. The number of hydrogen-bond acceptors (Lipinski definition) is 4. The Kier molecular flexibility index (Phi) is 4.67. The molecule has 0 aliphatic carbocycles. The van der Waals surface area contributed by atoms with Crippen molar-refractivity contribution < 1.29 is 19.1 Å². The standard InChI is InChI=1S/C19H15ClO4/c1-12(18(21)13-6-8-16(20)9-7-13)24-19(22)15-10-14-4-2-3-5-17(14)23-11-15/h2-10,12H,11H2,1H3. The minimum atomic E-state index is -0.892. The van der Waals surface area contributed by atoms with Crippen LogP contribution in [0.1, 0.15) is 22.8 Å². The van der Waals surface area contributed by atoms with Crippen LogP contribution >= 0.6 is 11.6 Å². The molecule has 122 valence electrons. The van der Waals surface area contributed by atoms with Crippen LogP contribution in [0.4, 0.5) is 0 Å². The van der Waals surface area contributed by atoms with Gasteiger partial charge in [0, 0.05) is 16.1 Å². The number of ether oxygens (including phenoxy) is 2. The van der Waals surface area contributed by atoms with Gasteiger partial charge in [-0.25, -0.2) is 4.79 Å². The van der Waals surface area contributed by atoms with Crippen LogP contribution in [0.3, 0.4) is 0 Å². The molecular weight excluding hydrogens is 328 g/mol. The number of para-hydroxylation sites is 1. The third-order valence-electron chi connectivity index (χ3n) is 3.68. The molecule has 5 heteroatoms. The van der Waals surface area contributed by atoms with E-state index in [1.165, 1.54) is 0 Å². The van der Waals surface area contributed by atoms with Gasteiger partial charge in [0.15, 0.2) is 6.10 Å². The zero-order valence-electron chi connectivity index (χ0n) is 13.0. The second-order valence-corrected chi connectivity index (χ2v) is 5.85. The van der Waals surface area contributed by atoms with Gasteiger partial charge in [0.2, 0.25) is 5.78 Å². The van der Waals surface area contributed by atoms with Gasteiger partial charge in [-0.15, -0.1) is 0 Å². The summed E-state index contributed by atoms with van der Waals surface area (Å²) < 4.78 is 10.8. The minimum absolute atomic E-state index is 0.123. The van der Waals surface area contributed by atoms with Crippen LogP contribution in [0.15, 0.2) is 54.1 Å². The molecule has 3 rings (SSSR count). The molecule has 0 amide bonds. The van der Waals surface area contributed by atoms with E-state index < -0.39 is 12.1 Å². The SMILES string of the molecule is CC(OC(=O)C1=Cc2ccccc2OC1)C(=O)c1ccc(Cl)cc1. The lowest BCUT2D eigenvalue weighted by Gasteiger charge is -2.18. The second kappa shape index (κ2) is 6.89. The molecule has 24 heavy (non-hydrogen) atoms. The molecule has 1 aliphatic heterocycles. The Morgan fingerprint density at radius 3 is 2.58 bits per heavy atom. The van der Waals surface area contributed by atoms with E-state index in [1.54, 1.807) is 37.3 Å². The van der Waals surface area contributed by atoms with Crippen molar-refractivity contribution >= 4 is 29.4 Å². The van der Waals surface area contributed by atoms with Gasteiger partial charge in [0.05, 0.1) is 5.57 Å². The number of rotatable bonds is 4. The summed E-state index contributed by atoms with van der Waals surface area (Å²) in [5.41, 5.74) is 1.63. The van der Waals surface area contributed by atoms with E-state index in [2.05, 4.69) is 0 Å². The topological polar surface area (TPSA) is 52.6 Å². The Labute approximate surface area is 144 Å². The van der Waals surface area contributed by atoms with Crippen molar-refractivity contribution in [2.45, 2.75) is 13.0 Å². The number of carbonyl (C=O) groups excluding carboxylic acids is 2. The van der Waals surface area contributed by atoms with Crippen molar-refractivity contribution in [1.82, 2.24) is 0 Å². The lowest BCUT2D eigenvalue weighted by Crippen LogP contribution is -2.27. The number of halogens is 1. The highest BCUT2D eigenvalue weighted by molar-refractivity contribution is 6.30. The molecule has 0 saturated heterocycles. The van der Waals surface area contributed by atoms with Crippen molar-refractivity contribution in [3.8, 4) is 5.75 Å². The molecule has 1 heterocycles. The third-order valence-corrected chi connectivity index (χ3v) is 3.93. The summed E-state index contributed by atoms with van der Waals surface area (Å²) in [7, 11) is 0. The van der Waals surface area contributed by atoms with Crippen molar-refractivity contribution in [1.29, 1.82) is 0 Å². The summed E-state index contributed by atoms with van der Waals surface area (Å²) in [6.07, 6.45) is 0.831. The fraction of sp³-hybridized carbons (Fsp3) is 0.158. The average Bonchev–Trinajstić information content (AvgIpc) is 2.61. The van der Waals surface area contributed by atoms with E-state index in [4.69, 9.17) is 21.1 Å². The van der Waals surface area contributed by atoms with Crippen molar-refractivity contribution in [2.24, 2.45) is 0 Å². The van der Waals surface area contributed by atoms with E-state index in [1.807, 2.05) is 24.3 Å². The highest BCUT2D eigenvalue weighted by atomic mass is 35.5. The largest absolute Gasteiger partial charge is 0.488 e. The van der Waals surface area contributed by atoms with Crippen LogP contribution in [0.5, 0.6) is 5.75 Å². The Balaban J connectivity index is 1.69. The summed E-state index contributed by atoms with van der Waals surface area (Å²) in [6.45, 7) is 1.67. The van der Waals surface area contributed by atoms with Crippen molar-refractivity contribution in [3.05, 3.63) is 70.3 Å². The highest BCUT2D eigenvalue weighted by Crippen LogP contribution is 2.26. The van der Waals surface area contributed by atoms with Crippen LogP contribution in [0, 0.1) is 0 Å². The average molecular weight is 343 g/mol. The summed E-state index contributed by atoms with van der Waals surface area (Å²) in [5, 5.41) is 0.541. The normalized spacial score (nSPS) is 14.0. The summed E-state index contributed by atoms with van der Waals surface area (Å²) in [4.78, 5) is 24.6. The van der Waals surface area contributed by atoms with E-state index >= 15 is 0 Å². The summed E-state index contributed by atoms with van der Waals surface area (Å²) in [6, 6.07) is 13.9. The van der Waals surface area contributed by atoms with Gasteiger partial charge in [-0.05, 0) is 43.3 Å². The van der Waals surface area contributed by atoms with Crippen molar-refractivity contribution in [3.63, 3.8) is 0 Å². The first-order valence-electron chi connectivity index (χ1n) is 7.48. The van der Waals surface area contributed by atoms with Gasteiger partial charge in [-0.1, -0.05) is 29.8 Å². The molecule has 4 nitrogen and oxygen atoms in total. The molecule has 1 atom stereocenters. The maximum absolute atomic E-state index is 12.3. The van der Waals surface area contributed by atoms with Gasteiger partial charge < -0.3 is 9.47 Å². The number of carbonyl (C=O) groups is 2. The van der Waals surface area contributed by atoms with Crippen LogP contribution < -0.4 is 4.74 Å². The lowest BCUT2D eigenvalue weighted by molar-refractivity contribution is -0.141. The number of benzene rings is 2. The monoisotopic (exact) mass is 342 g/mol. The first-order chi connectivity index (χ1) is 11.5. The zero-order chi connectivity index (χ0) is 17.1. The zero-order valence-corrected chi connectivity index (χ0v) is 13.7. The Morgan fingerprint density at radius 1 is 1.12 bits per heavy atom. The third kappa shape index (κ3) is 3.49. The molecular formula is C19H15ClO4. The lowest BCUT2D eigenvalue weighted by atomic mass is 10.1. The Morgan fingerprint density at radius 2 is 1.83 bits per heavy atom. The number of ketones is 1. The fourth-order valence-corrected chi connectivity index (χ4v) is 2.50. The number of hydrogen-bond donors (Lipinski definition) is 0. The summed E-state index contributed by atoms with van der Waals surface area (Å²) >= 11 is 5.81. The molecule has 2 aromatic rings. The van der Waals surface area contributed by atoms with Gasteiger partial charge >= 0.3 is 5.97 Å². The first kappa shape index (κ1) is 16.3. The number of fused-ring (bicyclic) bond motifs is 1. The Bertz CT molecular complexity index is 808. The molecule has 1 aliphatic rings. The van der Waals surface area contributed by atoms with Crippen LogP contribution in [0.2, 0.25) is 5.02 Å². The van der Waals surface area contributed by atoms with Gasteiger partial charge in [-0.2, -0.15) is 0 Å². The van der Waals surface area contributed by atoms with Crippen LogP contribution in [-0.2, 0) is 9.53 Å². The van der Waals surface area contributed by atoms with Gasteiger partial charge in [0.1, 0.15) is 12.4 Å². The molecule has 0 aromatic heterocycles. The van der Waals surface area contributed by atoms with Gasteiger partial charge in [0.25, 0.3) is 0 Å². The van der Waals surface area contributed by atoms with E-state index in [0.717, 1.165) is 11.3 Å². The Hall–Kier alpha value is -2.59. The fourth-order valence-electron chi connectivity index (χ4n) is 2.37. The van der Waals surface area contributed by atoms with Crippen LogP contribution in [-0.4, -0.2) is 24.5 Å². The molecule has 0 saturated carbocycles. The maximum atomic E-state index is 12.3. The van der Waals surface area contributed by atoms with Gasteiger partial charge in [-0.3, -0.25) is 4.79 Å². The smallest absolute Gasteiger partial charge is 0.338 e. The first-order valence-corrected chi connectivity index (χ1v) is 7.85. The quantitative estimate of drug-likeness (QED) is 0.624. The summed E-state index contributed by atoms with van der Waals surface area (Å²) in [5.74, 6) is -0.114. The molecule has 0 bridgehead atoms. The maximum Gasteiger partial charge on any atom is 0.338 e. The predicted octanol–water partition coefficient (Wildman–Crippen LogP) is 3.93. The molecule has 0 radical (unpaired) electrons. The molecule has 1 unspecified atom stereocenters. The molecule has 0 fully saturated rings. The van der Waals surface area contributed by atoms with Crippen LogP contribution in [0.25, 0.3) is 6.08 Å². The highest BCUT2D eigenvalue weighted by Gasteiger charge is 2.24. The number of Topliss-reactive ketones (excluding diaryl/α,β-unsaturated/α-hetero) is 1. The van der Waals surface area contributed by atoms with E-state index in [-0.39, 0.29) is 12.4 Å². The minimum Gasteiger partial charge on any atom is -0.488 e. The van der Waals surface area contributed by atoms with E-state index in [9.17, 15) is 9.59 Å².